The first kappa shape index (κ1) is 17.7. The molecule has 2 aliphatic heterocycles. The average molecular weight is 347 g/mol. The van der Waals surface area contributed by atoms with E-state index < -0.39 is 4.92 Å². The number of carbonyl (C=O) groups is 1. The first-order valence-corrected chi connectivity index (χ1v) is 8.80. The SMILES string of the molecule is COc1ccc(CN(C)C(=O)[C@H]2C[C@@H]3CCCCN3C2)cc1[N+](=O)[O-]. The molecule has 2 heterocycles. The number of rotatable bonds is 5. The molecule has 0 aliphatic carbocycles. The summed E-state index contributed by atoms with van der Waals surface area (Å²) in [4.78, 5) is 27.6. The Morgan fingerprint density at radius 1 is 1.44 bits per heavy atom. The molecule has 3 rings (SSSR count). The molecule has 2 aliphatic rings. The molecule has 0 spiro atoms. The number of benzene rings is 1. The van der Waals surface area contributed by atoms with Gasteiger partial charge in [0.15, 0.2) is 5.75 Å². The van der Waals surface area contributed by atoms with E-state index in [0.717, 1.165) is 25.1 Å². The summed E-state index contributed by atoms with van der Waals surface area (Å²) in [5.74, 6) is 0.407. The van der Waals surface area contributed by atoms with Crippen LogP contribution in [0.4, 0.5) is 5.69 Å². The molecular formula is C18H25N3O4. The van der Waals surface area contributed by atoms with Crippen molar-refractivity contribution in [2.45, 2.75) is 38.3 Å². The van der Waals surface area contributed by atoms with Crippen molar-refractivity contribution < 1.29 is 14.5 Å². The van der Waals surface area contributed by atoms with Crippen LogP contribution in [-0.2, 0) is 11.3 Å². The van der Waals surface area contributed by atoms with Gasteiger partial charge in [0.25, 0.3) is 0 Å². The number of carbonyl (C=O) groups excluding carboxylic acids is 1. The summed E-state index contributed by atoms with van der Waals surface area (Å²) in [5, 5.41) is 11.1. The zero-order chi connectivity index (χ0) is 18.0. The van der Waals surface area contributed by atoms with Crippen molar-refractivity contribution in [1.82, 2.24) is 9.80 Å². The second kappa shape index (κ2) is 7.39. The number of nitrogens with zero attached hydrogens (tertiary/aromatic N) is 3. The third kappa shape index (κ3) is 3.76. The summed E-state index contributed by atoms with van der Waals surface area (Å²) >= 11 is 0. The normalized spacial score (nSPS) is 23.1. The smallest absolute Gasteiger partial charge is 0.311 e. The molecule has 2 atom stereocenters. The van der Waals surface area contributed by atoms with Gasteiger partial charge in [0.1, 0.15) is 0 Å². The predicted octanol–water partition coefficient (Wildman–Crippen LogP) is 2.44. The van der Waals surface area contributed by atoms with Gasteiger partial charge in [-0.15, -0.1) is 0 Å². The van der Waals surface area contributed by atoms with Gasteiger partial charge in [-0.25, -0.2) is 0 Å². The summed E-state index contributed by atoms with van der Waals surface area (Å²) in [6, 6.07) is 5.40. The van der Waals surface area contributed by atoms with Gasteiger partial charge in [0.05, 0.1) is 18.0 Å². The van der Waals surface area contributed by atoms with Crippen molar-refractivity contribution in [2.75, 3.05) is 27.2 Å². The third-order valence-corrected chi connectivity index (χ3v) is 5.35. The van der Waals surface area contributed by atoms with Gasteiger partial charge in [0.2, 0.25) is 5.91 Å². The molecule has 0 saturated carbocycles. The molecule has 2 fully saturated rings. The van der Waals surface area contributed by atoms with Gasteiger partial charge in [0, 0.05) is 32.2 Å². The van der Waals surface area contributed by atoms with E-state index in [1.165, 1.54) is 32.4 Å². The second-order valence-electron chi connectivity index (χ2n) is 7.03. The molecule has 7 nitrogen and oxygen atoms in total. The minimum atomic E-state index is -0.459. The summed E-state index contributed by atoms with van der Waals surface area (Å²) in [5.41, 5.74) is 0.665. The molecule has 0 aromatic heterocycles. The minimum absolute atomic E-state index is 0.0429. The van der Waals surface area contributed by atoms with Gasteiger partial charge in [-0.05, 0) is 37.4 Å². The fraction of sp³-hybridized carbons (Fsp3) is 0.611. The lowest BCUT2D eigenvalue weighted by Gasteiger charge is -2.28. The maximum atomic E-state index is 12.8. The molecular weight excluding hydrogens is 322 g/mol. The first-order valence-electron chi connectivity index (χ1n) is 8.80. The van der Waals surface area contributed by atoms with E-state index in [-0.39, 0.29) is 23.3 Å². The standard InChI is InChI=1S/C18H25N3O4/c1-19(11-13-6-7-17(25-2)16(9-13)21(23)24)18(22)14-10-15-5-3-4-8-20(15)12-14/h6-7,9,14-15H,3-5,8,10-12H2,1-2H3/t14-,15-/m0/s1. The number of piperidine rings is 1. The highest BCUT2D eigenvalue weighted by atomic mass is 16.6. The number of amides is 1. The van der Waals surface area contributed by atoms with Gasteiger partial charge >= 0.3 is 5.69 Å². The van der Waals surface area contributed by atoms with Crippen LogP contribution < -0.4 is 4.74 Å². The van der Waals surface area contributed by atoms with Crippen molar-refractivity contribution >= 4 is 11.6 Å². The lowest BCUT2D eigenvalue weighted by molar-refractivity contribution is -0.385. The van der Waals surface area contributed by atoms with E-state index in [1.807, 2.05) is 0 Å². The van der Waals surface area contributed by atoms with Crippen LogP contribution in [0.3, 0.4) is 0 Å². The van der Waals surface area contributed by atoms with E-state index in [4.69, 9.17) is 4.74 Å². The highest BCUT2D eigenvalue weighted by molar-refractivity contribution is 5.79. The predicted molar refractivity (Wildman–Crippen MR) is 93.4 cm³/mol. The first-order chi connectivity index (χ1) is 12.0. The molecule has 0 radical (unpaired) electrons. The summed E-state index contributed by atoms with van der Waals surface area (Å²) in [6.07, 6.45) is 4.61. The van der Waals surface area contributed by atoms with Gasteiger partial charge in [-0.1, -0.05) is 12.5 Å². The van der Waals surface area contributed by atoms with E-state index in [1.54, 1.807) is 24.1 Å². The van der Waals surface area contributed by atoms with Crippen molar-refractivity contribution in [3.63, 3.8) is 0 Å². The van der Waals surface area contributed by atoms with E-state index in [0.29, 0.717) is 12.6 Å². The molecule has 1 amide bonds. The number of ether oxygens (including phenoxy) is 1. The maximum absolute atomic E-state index is 12.8. The fourth-order valence-corrected chi connectivity index (χ4v) is 4.07. The Labute approximate surface area is 147 Å². The summed E-state index contributed by atoms with van der Waals surface area (Å²) in [7, 11) is 3.18. The molecule has 1 aromatic rings. The highest BCUT2D eigenvalue weighted by Crippen LogP contribution is 2.32. The third-order valence-electron chi connectivity index (χ3n) is 5.35. The second-order valence-corrected chi connectivity index (χ2v) is 7.03. The molecule has 7 heteroatoms. The van der Waals surface area contributed by atoms with Crippen molar-refractivity contribution in [2.24, 2.45) is 5.92 Å². The largest absolute Gasteiger partial charge is 0.490 e. The highest BCUT2D eigenvalue weighted by Gasteiger charge is 2.38. The lowest BCUT2D eigenvalue weighted by Crippen LogP contribution is -2.36. The van der Waals surface area contributed by atoms with Crippen molar-refractivity contribution in [1.29, 1.82) is 0 Å². The number of methoxy groups -OCH3 is 1. The molecule has 1 aromatic carbocycles. The van der Waals surface area contributed by atoms with Crippen LogP contribution >= 0.6 is 0 Å². The Morgan fingerprint density at radius 2 is 2.24 bits per heavy atom. The van der Waals surface area contributed by atoms with E-state index in [2.05, 4.69) is 4.90 Å². The van der Waals surface area contributed by atoms with Gasteiger partial charge in [-0.3, -0.25) is 19.8 Å². The Bertz CT molecular complexity index is 650. The zero-order valence-electron chi connectivity index (χ0n) is 14.8. The molecule has 0 N–H and O–H groups in total. The van der Waals surface area contributed by atoms with Crippen LogP contribution in [0.25, 0.3) is 0 Å². The lowest BCUT2D eigenvalue weighted by atomic mass is 9.99. The number of hydrogen-bond donors (Lipinski definition) is 0. The van der Waals surface area contributed by atoms with E-state index >= 15 is 0 Å². The quantitative estimate of drug-likeness (QED) is 0.604. The van der Waals surface area contributed by atoms with Gasteiger partial charge < -0.3 is 9.64 Å². The summed E-state index contributed by atoms with van der Waals surface area (Å²) in [6.45, 7) is 2.31. The minimum Gasteiger partial charge on any atom is -0.490 e. The van der Waals surface area contributed by atoms with Crippen molar-refractivity contribution in [3.05, 3.63) is 33.9 Å². The number of nitro groups is 1. The van der Waals surface area contributed by atoms with Crippen LogP contribution in [0, 0.1) is 16.0 Å². The number of nitro benzene ring substituents is 1. The monoisotopic (exact) mass is 347 g/mol. The topological polar surface area (TPSA) is 75.9 Å². The van der Waals surface area contributed by atoms with Crippen LogP contribution in [-0.4, -0.2) is 53.9 Å². The van der Waals surface area contributed by atoms with Crippen LogP contribution in [0.5, 0.6) is 5.75 Å². The van der Waals surface area contributed by atoms with Crippen LogP contribution in [0.2, 0.25) is 0 Å². The Kier molecular flexibility index (Phi) is 5.22. The van der Waals surface area contributed by atoms with Gasteiger partial charge in [-0.2, -0.15) is 0 Å². The Balaban J connectivity index is 1.65. The van der Waals surface area contributed by atoms with Crippen LogP contribution in [0.1, 0.15) is 31.2 Å². The average Bonchev–Trinajstić information content (AvgIpc) is 3.04. The molecule has 136 valence electrons. The van der Waals surface area contributed by atoms with E-state index in [9.17, 15) is 14.9 Å². The Morgan fingerprint density at radius 3 is 2.92 bits per heavy atom. The fourth-order valence-electron chi connectivity index (χ4n) is 4.07. The Hall–Kier alpha value is -2.15. The summed E-state index contributed by atoms with van der Waals surface area (Å²) < 4.78 is 5.02. The molecule has 25 heavy (non-hydrogen) atoms. The number of hydrogen-bond acceptors (Lipinski definition) is 5. The maximum Gasteiger partial charge on any atom is 0.311 e. The molecule has 0 bridgehead atoms. The zero-order valence-corrected chi connectivity index (χ0v) is 14.8. The van der Waals surface area contributed by atoms with Crippen LogP contribution in [0.15, 0.2) is 18.2 Å². The van der Waals surface area contributed by atoms with Crippen molar-refractivity contribution in [3.8, 4) is 5.75 Å². The molecule has 2 saturated heterocycles. The number of fused-ring (bicyclic) bond motifs is 1. The molecule has 0 unspecified atom stereocenters.